The first-order chi connectivity index (χ1) is 10.0. The average Bonchev–Trinajstić information content (AvgIpc) is 2.47. The normalized spacial score (nSPS) is 9.95. The summed E-state index contributed by atoms with van der Waals surface area (Å²) in [7, 11) is 0. The van der Waals surface area contributed by atoms with Crippen molar-refractivity contribution in [3.8, 4) is 6.07 Å². The number of nitro benzene ring substituents is 1. The minimum Gasteiger partial charge on any atom is -0.381 e. The highest BCUT2D eigenvalue weighted by Gasteiger charge is 2.14. The van der Waals surface area contributed by atoms with E-state index < -0.39 is 4.92 Å². The summed E-state index contributed by atoms with van der Waals surface area (Å²) in [4.78, 5) is 10.3. The van der Waals surface area contributed by atoms with Gasteiger partial charge in [-0.2, -0.15) is 5.26 Å². The zero-order valence-electron chi connectivity index (χ0n) is 10.6. The van der Waals surface area contributed by atoms with E-state index >= 15 is 0 Å². The lowest BCUT2D eigenvalue weighted by Crippen LogP contribution is -2.02. The van der Waals surface area contributed by atoms with Crippen molar-refractivity contribution < 1.29 is 9.31 Å². The van der Waals surface area contributed by atoms with Crippen LogP contribution in [-0.4, -0.2) is 4.92 Å². The van der Waals surface area contributed by atoms with E-state index in [4.69, 9.17) is 5.26 Å². The van der Waals surface area contributed by atoms with Gasteiger partial charge in [-0.3, -0.25) is 10.1 Å². The first kappa shape index (κ1) is 14.9. The minimum absolute atomic E-state index is 0.00233. The topological polar surface area (TPSA) is 79.0 Å². The van der Waals surface area contributed by atoms with Crippen molar-refractivity contribution in [1.82, 2.24) is 0 Å². The molecule has 5 nitrogen and oxygen atoms in total. The Bertz CT molecular complexity index is 743. The molecule has 0 aliphatic carbocycles. The van der Waals surface area contributed by atoms with Crippen molar-refractivity contribution in [2.24, 2.45) is 0 Å². The molecule has 2 aromatic rings. The molecule has 0 fully saturated rings. The number of benzene rings is 2. The van der Waals surface area contributed by atoms with Gasteiger partial charge in [0.2, 0.25) is 0 Å². The van der Waals surface area contributed by atoms with Gasteiger partial charge in [0, 0.05) is 22.8 Å². The third kappa shape index (κ3) is 3.55. The molecule has 0 aliphatic rings. The summed E-state index contributed by atoms with van der Waals surface area (Å²) in [5.41, 5.74) is 0.900. The maximum Gasteiger partial charge on any atom is 0.289 e. The van der Waals surface area contributed by atoms with E-state index in [1.54, 1.807) is 18.2 Å². The number of nitriles is 1. The third-order valence-electron chi connectivity index (χ3n) is 2.81. The number of nitrogens with zero attached hydrogens (tertiary/aromatic N) is 2. The molecule has 0 amide bonds. The van der Waals surface area contributed by atoms with Crippen LogP contribution in [0.15, 0.2) is 40.9 Å². The second-order valence-electron chi connectivity index (χ2n) is 4.19. The highest BCUT2D eigenvalue weighted by molar-refractivity contribution is 9.10. The molecule has 0 radical (unpaired) electrons. The van der Waals surface area contributed by atoms with Gasteiger partial charge in [-0.25, -0.2) is 4.39 Å². The summed E-state index contributed by atoms with van der Waals surface area (Å²) in [5, 5.41) is 22.7. The number of rotatable bonds is 4. The summed E-state index contributed by atoms with van der Waals surface area (Å²) < 4.78 is 13.9. The Morgan fingerprint density at radius 1 is 1.33 bits per heavy atom. The van der Waals surface area contributed by atoms with Crippen molar-refractivity contribution in [2.45, 2.75) is 6.54 Å². The Hall–Kier alpha value is -2.46. The van der Waals surface area contributed by atoms with Gasteiger partial charge in [0.1, 0.15) is 17.4 Å². The Balaban J connectivity index is 2.21. The predicted molar refractivity (Wildman–Crippen MR) is 79.2 cm³/mol. The predicted octanol–water partition coefficient (Wildman–Crippen LogP) is 3.98. The molecule has 0 saturated heterocycles. The molecule has 0 bridgehead atoms. The molecule has 0 heterocycles. The van der Waals surface area contributed by atoms with Gasteiger partial charge >= 0.3 is 0 Å². The number of nitrogens with one attached hydrogen (secondary N) is 1. The fourth-order valence-electron chi connectivity index (χ4n) is 1.76. The maximum atomic E-state index is 13.2. The van der Waals surface area contributed by atoms with Crippen molar-refractivity contribution in [3.63, 3.8) is 0 Å². The second kappa shape index (κ2) is 6.33. The van der Waals surface area contributed by atoms with E-state index in [1.165, 1.54) is 24.3 Å². The first-order valence-electron chi connectivity index (χ1n) is 5.87. The van der Waals surface area contributed by atoms with Crippen molar-refractivity contribution in [1.29, 1.82) is 5.26 Å². The minimum atomic E-state index is -0.609. The van der Waals surface area contributed by atoms with E-state index in [1.807, 2.05) is 0 Å². The molecule has 106 valence electrons. The molecule has 0 spiro atoms. The van der Waals surface area contributed by atoms with E-state index in [0.29, 0.717) is 17.8 Å². The zero-order valence-corrected chi connectivity index (χ0v) is 12.2. The van der Waals surface area contributed by atoms with Crippen LogP contribution in [0, 0.1) is 27.3 Å². The third-order valence-corrected chi connectivity index (χ3v) is 3.58. The van der Waals surface area contributed by atoms with Crippen LogP contribution < -0.4 is 5.32 Å². The molecule has 1 N–H and O–H groups in total. The van der Waals surface area contributed by atoms with Crippen LogP contribution in [0.3, 0.4) is 0 Å². The quantitative estimate of drug-likeness (QED) is 0.668. The molecule has 0 saturated carbocycles. The van der Waals surface area contributed by atoms with Crippen LogP contribution in [0.25, 0.3) is 0 Å². The summed E-state index contributed by atoms with van der Waals surface area (Å²) in [5.74, 6) is -0.360. The Morgan fingerprint density at radius 2 is 2.10 bits per heavy atom. The number of hydrogen-bond acceptors (Lipinski definition) is 4. The molecule has 7 heteroatoms. The standard InChI is InChI=1S/C14H9BrFN3O2/c15-13-4-2-11(16)5-10(13)8-18-12-3-1-9(7-17)14(6-12)19(20)21/h1-6,18H,8H2. The maximum absolute atomic E-state index is 13.2. The fourth-order valence-corrected chi connectivity index (χ4v) is 2.15. The van der Waals surface area contributed by atoms with Crippen LogP contribution in [0.2, 0.25) is 0 Å². The molecule has 0 unspecified atom stereocenters. The van der Waals surface area contributed by atoms with Crippen molar-refractivity contribution >= 4 is 27.3 Å². The highest BCUT2D eigenvalue weighted by atomic mass is 79.9. The molecule has 0 aliphatic heterocycles. The summed E-state index contributed by atoms with van der Waals surface area (Å²) in [6.07, 6.45) is 0. The lowest BCUT2D eigenvalue weighted by atomic mass is 10.1. The lowest BCUT2D eigenvalue weighted by Gasteiger charge is -2.08. The van der Waals surface area contributed by atoms with Crippen molar-refractivity contribution in [2.75, 3.05) is 5.32 Å². The van der Waals surface area contributed by atoms with Gasteiger partial charge in [-0.15, -0.1) is 0 Å². The van der Waals surface area contributed by atoms with Crippen LogP contribution in [0.5, 0.6) is 0 Å². The Kier molecular flexibility index (Phi) is 4.50. The van der Waals surface area contributed by atoms with Crippen LogP contribution in [0.1, 0.15) is 11.1 Å². The Morgan fingerprint density at radius 3 is 2.76 bits per heavy atom. The number of halogens is 2. The van der Waals surface area contributed by atoms with E-state index in [0.717, 1.165) is 4.47 Å². The molecule has 2 rings (SSSR count). The zero-order chi connectivity index (χ0) is 15.4. The van der Waals surface area contributed by atoms with E-state index in [-0.39, 0.29) is 17.1 Å². The van der Waals surface area contributed by atoms with E-state index in [2.05, 4.69) is 21.2 Å². The van der Waals surface area contributed by atoms with Gasteiger partial charge in [0.05, 0.1) is 4.92 Å². The van der Waals surface area contributed by atoms with E-state index in [9.17, 15) is 14.5 Å². The summed E-state index contributed by atoms with van der Waals surface area (Å²) in [6, 6.07) is 10.3. The average molecular weight is 350 g/mol. The second-order valence-corrected chi connectivity index (χ2v) is 5.04. The SMILES string of the molecule is N#Cc1ccc(NCc2cc(F)ccc2Br)cc1[N+](=O)[O-]. The molecule has 2 aromatic carbocycles. The van der Waals surface area contributed by atoms with Gasteiger partial charge in [-0.1, -0.05) is 15.9 Å². The van der Waals surface area contributed by atoms with Gasteiger partial charge in [0.25, 0.3) is 5.69 Å². The molecular weight excluding hydrogens is 341 g/mol. The van der Waals surface area contributed by atoms with Crippen LogP contribution >= 0.6 is 15.9 Å². The molecular formula is C14H9BrFN3O2. The number of nitro groups is 1. The molecule has 0 atom stereocenters. The molecule has 21 heavy (non-hydrogen) atoms. The molecule has 0 aromatic heterocycles. The summed E-state index contributed by atoms with van der Waals surface area (Å²) in [6.45, 7) is 0.293. The van der Waals surface area contributed by atoms with Gasteiger partial charge in [0.15, 0.2) is 0 Å². The van der Waals surface area contributed by atoms with Crippen LogP contribution in [0.4, 0.5) is 15.8 Å². The van der Waals surface area contributed by atoms with Gasteiger partial charge in [-0.05, 0) is 35.9 Å². The first-order valence-corrected chi connectivity index (χ1v) is 6.67. The number of anilines is 1. The number of hydrogen-bond donors (Lipinski definition) is 1. The largest absolute Gasteiger partial charge is 0.381 e. The van der Waals surface area contributed by atoms with Crippen molar-refractivity contribution in [3.05, 3.63) is 67.9 Å². The smallest absolute Gasteiger partial charge is 0.289 e. The highest BCUT2D eigenvalue weighted by Crippen LogP contribution is 2.24. The summed E-state index contributed by atoms with van der Waals surface area (Å²) >= 11 is 3.31. The lowest BCUT2D eigenvalue weighted by molar-refractivity contribution is -0.385. The van der Waals surface area contributed by atoms with Crippen LogP contribution in [-0.2, 0) is 6.54 Å². The fraction of sp³-hybridized carbons (Fsp3) is 0.0714. The van der Waals surface area contributed by atoms with Gasteiger partial charge < -0.3 is 5.32 Å². The monoisotopic (exact) mass is 349 g/mol. The Labute approximate surface area is 128 Å².